The van der Waals surface area contributed by atoms with E-state index in [0.717, 1.165) is 0 Å². The second-order valence-corrected chi connectivity index (χ2v) is 7.99. The zero-order chi connectivity index (χ0) is 22.7. The number of carbonyl (C=O) groups excluding carboxylic acids is 1. The lowest BCUT2D eigenvalue weighted by Crippen LogP contribution is -2.48. The van der Waals surface area contributed by atoms with Gasteiger partial charge in [0, 0.05) is 54.1 Å². The molecular weight excluding hydrogens is 451 g/mol. The third-order valence-electron chi connectivity index (χ3n) is 5.03. The number of rotatable bonds is 6. The topological polar surface area (TPSA) is 117 Å². The van der Waals surface area contributed by atoms with Gasteiger partial charge < -0.3 is 20.7 Å². The Balaban J connectivity index is 1.50. The van der Waals surface area contributed by atoms with Gasteiger partial charge in [-0.3, -0.25) is 15.2 Å². The number of benzene rings is 1. The third kappa shape index (κ3) is 4.76. The Bertz CT molecular complexity index is 1150. The van der Waals surface area contributed by atoms with E-state index in [1.807, 2.05) is 4.90 Å². The summed E-state index contributed by atoms with van der Waals surface area (Å²) in [6.07, 6.45) is 4.61. The van der Waals surface area contributed by atoms with E-state index >= 15 is 0 Å². The summed E-state index contributed by atoms with van der Waals surface area (Å²) in [4.78, 5) is 21.9. The van der Waals surface area contributed by atoms with Crippen LogP contribution in [0.1, 0.15) is 16.7 Å². The predicted octanol–water partition coefficient (Wildman–Crippen LogP) is 3.30. The molecule has 1 amide bonds. The Kier molecular flexibility index (Phi) is 6.43. The molecule has 1 saturated heterocycles. The van der Waals surface area contributed by atoms with Crippen molar-refractivity contribution in [3.05, 3.63) is 75.7 Å². The van der Waals surface area contributed by atoms with E-state index in [1.54, 1.807) is 36.5 Å². The molecule has 0 aliphatic carbocycles. The van der Waals surface area contributed by atoms with Crippen molar-refractivity contribution >= 4 is 46.3 Å². The number of nitrogens with two attached hydrogens (primary N) is 1. The van der Waals surface area contributed by atoms with Crippen molar-refractivity contribution in [1.29, 1.82) is 5.41 Å². The number of anilines is 2. The molecule has 10 heteroatoms. The van der Waals surface area contributed by atoms with Crippen LogP contribution in [-0.2, 0) is 11.4 Å². The minimum atomic E-state index is -0.0335. The quantitative estimate of drug-likeness (QED) is 0.375. The average Bonchev–Trinajstić information content (AvgIpc) is 2.79. The fourth-order valence-corrected chi connectivity index (χ4v) is 3.76. The van der Waals surface area contributed by atoms with Gasteiger partial charge in [0.05, 0.1) is 22.3 Å². The second-order valence-electron chi connectivity index (χ2n) is 7.17. The van der Waals surface area contributed by atoms with E-state index in [9.17, 15) is 4.79 Å². The van der Waals surface area contributed by atoms with Crippen LogP contribution in [0, 0.1) is 5.41 Å². The van der Waals surface area contributed by atoms with Gasteiger partial charge in [-0.15, -0.1) is 0 Å². The van der Waals surface area contributed by atoms with Gasteiger partial charge in [-0.1, -0.05) is 23.2 Å². The smallest absolute Gasteiger partial charge is 0.239 e. The van der Waals surface area contributed by atoms with Gasteiger partial charge in [-0.05, 0) is 30.3 Å². The molecule has 1 aliphatic rings. The highest BCUT2D eigenvalue weighted by atomic mass is 35.5. The molecule has 8 nitrogen and oxygen atoms in total. The predicted molar refractivity (Wildman–Crippen MR) is 125 cm³/mol. The molecule has 32 heavy (non-hydrogen) atoms. The number of nitrogens with zero attached hydrogens (tertiary/aromatic N) is 3. The van der Waals surface area contributed by atoms with Crippen molar-refractivity contribution in [3.63, 3.8) is 0 Å². The van der Waals surface area contributed by atoms with Crippen molar-refractivity contribution in [2.45, 2.75) is 6.61 Å². The molecule has 3 aromatic rings. The average molecular weight is 471 g/mol. The SMILES string of the molecule is N=C(c1ccc(N2CCNC(=O)C2)nc1)c1cc(OCc2c(Cl)cncc2Cl)ccc1N. The van der Waals surface area contributed by atoms with E-state index in [4.69, 9.17) is 39.1 Å². The normalized spacial score (nSPS) is 13.6. The molecule has 1 aliphatic heterocycles. The number of aromatic nitrogens is 2. The summed E-state index contributed by atoms with van der Waals surface area (Å²) in [5.74, 6) is 1.17. The van der Waals surface area contributed by atoms with Gasteiger partial charge in [0.1, 0.15) is 18.2 Å². The van der Waals surface area contributed by atoms with Crippen LogP contribution in [-0.4, -0.2) is 41.2 Å². The Morgan fingerprint density at radius 1 is 1.19 bits per heavy atom. The fraction of sp³-hybridized carbons (Fsp3) is 0.182. The summed E-state index contributed by atoms with van der Waals surface area (Å²) in [7, 11) is 0. The van der Waals surface area contributed by atoms with Gasteiger partial charge in [-0.2, -0.15) is 0 Å². The maximum Gasteiger partial charge on any atom is 0.239 e. The van der Waals surface area contributed by atoms with Gasteiger partial charge in [0.2, 0.25) is 5.91 Å². The highest BCUT2D eigenvalue weighted by Gasteiger charge is 2.18. The van der Waals surface area contributed by atoms with E-state index in [1.165, 1.54) is 12.4 Å². The van der Waals surface area contributed by atoms with Crippen molar-refractivity contribution in [3.8, 4) is 5.75 Å². The molecule has 1 aromatic carbocycles. The van der Waals surface area contributed by atoms with Gasteiger partial charge in [0.15, 0.2) is 0 Å². The molecule has 0 atom stereocenters. The van der Waals surface area contributed by atoms with E-state index in [-0.39, 0.29) is 24.8 Å². The Hall–Kier alpha value is -3.36. The van der Waals surface area contributed by atoms with Crippen LogP contribution in [0.3, 0.4) is 0 Å². The molecule has 1 fully saturated rings. The molecule has 3 heterocycles. The second kappa shape index (κ2) is 9.42. The molecule has 4 rings (SSSR count). The molecule has 0 saturated carbocycles. The third-order valence-corrected chi connectivity index (χ3v) is 5.68. The first-order chi connectivity index (χ1) is 15.4. The van der Waals surface area contributed by atoms with Crippen LogP contribution in [0.5, 0.6) is 5.75 Å². The Labute approximate surface area is 194 Å². The molecule has 4 N–H and O–H groups in total. The summed E-state index contributed by atoms with van der Waals surface area (Å²) in [6.45, 7) is 1.68. The number of nitrogen functional groups attached to an aromatic ring is 1. The number of carbonyl (C=O) groups is 1. The molecule has 2 aromatic heterocycles. The summed E-state index contributed by atoms with van der Waals surface area (Å²) in [5.41, 5.74) is 8.52. The highest BCUT2D eigenvalue weighted by molar-refractivity contribution is 6.35. The summed E-state index contributed by atoms with van der Waals surface area (Å²) < 4.78 is 5.83. The molecule has 0 unspecified atom stereocenters. The van der Waals surface area contributed by atoms with Crippen LogP contribution in [0.25, 0.3) is 0 Å². The molecule has 164 valence electrons. The molecule has 0 radical (unpaired) electrons. The zero-order valence-corrected chi connectivity index (χ0v) is 18.5. The number of hydrogen-bond acceptors (Lipinski definition) is 7. The van der Waals surface area contributed by atoms with Crippen molar-refractivity contribution < 1.29 is 9.53 Å². The summed E-state index contributed by atoms with van der Waals surface area (Å²) >= 11 is 12.3. The minimum Gasteiger partial charge on any atom is -0.489 e. The van der Waals surface area contributed by atoms with Crippen LogP contribution in [0.15, 0.2) is 48.9 Å². The lowest BCUT2D eigenvalue weighted by Gasteiger charge is -2.27. The maximum atomic E-state index is 11.6. The first-order valence-corrected chi connectivity index (χ1v) is 10.5. The number of pyridine rings is 2. The Morgan fingerprint density at radius 3 is 2.66 bits per heavy atom. The van der Waals surface area contributed by atoms with E-state index in [2.05, 4.69) is 15.3 Å². The maximum absolute atomic E-state index is 11.6. The number of amides is 1. The molecule has 0 spiro atoms. The van der Waals surface area contributed by atoms with Crippen LogP contribution in [0.4, 0.5) is 11.5 Å². The number of hydrogen-bond donors (Lipinski definition) is 3. The Morgan fingerprint density at radius 2 is 1.97 bits per heavy atom. The summed E-state index contributed by atoms with van der Waals surface area (Å²) in [6, 6.07) is 8.69. The van der Waals surface area contributed by atoms with Crippen LogP contribution < -0.4 is 20.7 Å². The van der Waals surface area contributed by atoms with Crippen LogP contribution >= 0.6 is 23.2 Å². The van der Waals surface area contributed by atoms with Gasteiger partial charge in [-0.25, -0.2) is 4.98 Å². The highest BCUT2D eigenvalue weighted by Crippen LogP contribution is 2.27. The van der Waals surface area contributed by atoms with Crippen LogP contribution in [0.2, 0.25) is 10.0 Å². The first-order valence-electron chi connectivity index (χ1n) is 9.79. The lowest BCUT2D eigenvalue weighted by molar-refractivity contribution is -0.120. The standard InChI is InChI=1S/C22H20Cl2N6O2/c23-17-9-27-10-18(24)16(17)12-32-14-2-3-19(25)15(7-14)22(26)13-1-4-20(29-8-13)30-6-5-28-21(31)11-30/h1-4,7-10,26H,5-6,11-12,25H2,(H,28,31). The van der Waals surface area contributed by atoms with E-state index < -0.39 is 0 Å². The minimum absolute atomic E-state index is 0.0335. The van der Waals surface area contributed by atoms with Crippen molar-refractivity contribution in [2.75, 3.05) is 30.3 Å². The lowest BCUT2D eigenvalue weighted by atomic mass is 10.0. The molecular formula is C22H20Cl2N6O2. The van der Waals surface area contributed by atoms with Crippen molar-refractivity contribution in [2.24, 2.45) is 0 Å². The monoisotopic (exact) mass is 470 g/mol. The zero-order valence-electron chi connectivity index (χ0n) is 16.9. The largest absolute Gasteiger partial charge is 0.489 e. The summed E-state index contributed by atoms with van der Waals surface area (Å²) in [5, 5.41) is 12.2. The first kappa shape index (κ1) is 21.9. The van der Waals surface area contributed by atoms with E-state index in [0.29, 0.717) is 57.1 Å². The number of nitrogens with one attached hydrogen (secondary N) is 2. The van der Waals surface area contributed by atoms with Crippen molar-refractivity contribution in [1.82, 2.24) is 15.3 Å². The van der Waals surface area contributed by atoms with Gasteiger partial charge >= 0.3 is 0 Å². The molecule has 0 bridgehead atoms. The number of ether oxygens (including phenoxy) is 1. The number of piperazine rings is 1. The van der Waals surface area contributed by atoms with Gasteiger partial charge in [0.25, 0.3) is 0 Å². The number of halogens is 2. The fourth-order valence-electron chi connectivity index (χ4n) is 3.28.